The van der Waals surface area contributed by atoms with E-state index < -0.39 is 0 Å². The molecule has 7 nitrogen and oxygen atoms in total. The Morgan fingerprint density at radius 1 is 1.18 bits per heavy atom. The molecule has 1 saturated heterocycles. The highest BCUT2D eigenvalue weighted by Gasteiger charge is 2.32. The van der Waals surface area contributed by atoms with Gasteiger partial charge in [-0.05, 0) is 54.1 Å². The first-order valence-electron chi connectivity index (χ1n) is 11.0. The van der Waals surface area contributed by atoms with Crippen LogP contribution in [0.1, 0.15) is 24.1 Å². The number of thiophene rings is 1. The Morgan fingerprint density at radius 3 is 2.62 bits per heavy atom. The minimum absolute atomic E-state index is 0.0196. The molecule has 1 atom stereocenters. The molecule has 0 spiro atoms. The minimum atomic E-state index is -0.147. The van der Waals surface area contributed by atoms with Gasteiger partial charge in [0.05, 0.1) is 10.9 Å². The third kappa shape index (κ3) is 4.63. The topological polar surface area (TPSA) is 85.9 Å². The molecule has 3 N–H and O–H groups in total. The van der Waals surface area contributed by atoms with Crippen LogP contribution in [0, 0.1) is 0 Å². The zero-order chi connectivity index (χ0) is 23.7. The summed E-state index contributed by atoms with van der Waals surface area (Å²) in [5.41, 5.74) is 3.33. The van der Waals surface area contributed by atoms with Crippen molar-refractivity contribution in [2.45, 2.75) is 19.0 Å². The number of benzene rings is 1. The van der Waals surface area contributed by atoms with Gasteiger partial charge in [0, 0.05) is 54.5 Å². The van der Waals surface area contributed by atoms with E-state index in [1.54, 1.807) is 23.7 Å². The maximum Gasteiger partial charge on any atom is 0.222 e. The molecular formula is C25H25ClN6OS. The van der Waals surface area contributed by atoms with Crippen LogP contribution in [-0.2, 0) is 4.79 Å². The van der Waals surface area contributed by atoms with Gasteiger partial charge in [-0.1, -0.05) is 23.7 Å². The van der Waals surface area contributed by atoms with Crippen LogP contribution in [0.2, 0.25) is 5.02 Å². The fraction of sp³-hybridized carbons (Fsp3) is 0.240. The van der Waals surface area contributed by atoms with Gasteiger partial charge in [-0.15, -0.1) is 11.3 Å². The maximum atomic E-state index is 11.5. The zero-order valence-electron chi connectivity index (χ0n) is 18.9. The van der Waals surface area contributed by atoms with Gasteiger partial charge in [0.15, 0.2) is 0 Å². The summed E-state index contributed by atoms with van der Waals surface area (Å²) in [5, 5.41) is 6.88. The van der Waals surface area contributed by atoms with Crippen LogP contribution in [0.25, 0.3) is 21.1 Å². The highest BCUT2D eigenvalue weighted by Crippen LogP contribution is 2.44. The van der Waals surface area contributed by atoms with Crippen molar-refractivity contribution in [2.24, 2.45) is 0 Å². The van der Waals surface area contributed by atoms with E-state index in [0.717, 1.165) is 39.3 Å². The molecule has 1 aliphatic heterocycles. The van der Waals surface area contributed by atoms with Crippen LogP contribution in [0.3, 0.4) is 0 Å². The number of hydrogen-bond donors (Lipinski definition) is 3. The number of likely N-dealkylation sites (N-methyl/N-ethyl adjacent to an activating group) is 1. The molecule has 9 heteroatoms. The molecule has 0 bridgehead atoms. The van der Waals surface area contributed by atoms with Crippen molar-refractivity contribution in [2.75, 3.05) is 25.5 Å². The molecule has 1 aromatic carbocycles. The second-order valence-electron chi connectivity index (χ2n) is 8.38. The van der Waals surface area contributed by atoms with Crippen molar-refractivity contribution in [1.29, 1.82) is 0 Å². The van der Waals surface area contributed by atoms with Gasteiger partial charge in [0.1, 0.15) is 11.6 Å². The van der Waals surface area contributed by atoms with Crippen molar-refractivity contribution in [1.82, 2.24) is 25.2 Å². The molecule has 34 heavy (non-hydrogen) atoms. The number of pyridine rings is 1. The van der Waals surface area contributed by atoms with Gasteiger partial charge in [-0.3, -0.25) is 9.69 Å². The monoisotopic (exact) mass is 492 g/mol. The van der Waals surface area contributed by atoms with Crippen molar-refractivity contribution >= 4 is 34.7 Å². The number of anilines is 1. The van der Waals surface area contributed by atoms with Gasteiger partial charge in [0.2, 0.25) is 5.91 Å². The van der Waals surface area contributed by atoms with E-state index in [9.17, 15) is 4.79 Å². The van der Waals surface area contributed by atoms with E-state index >= 15 is 0 Å². The molecule has 0 aliphatic carbocycles. The fourth-order valence-corrected chi connectivity index (χ4v) is 5.48. The first-order valence-corrected chi connectivity index (χ1v) is 12.2. The third-order valence-corrected chi connectivity index (χ3v) is 7.50. The Bertz CT molecular complexity index is 1280. The van der Waals surface area contributed by atoms with E-state index in [1.807, 2.05) is 30.5 Å². The minimum Gasteiger partial charge on any atom is -0.344 e. The number of nitrogens with zero attached hydrogens (tertiary/aromatic N) is 3. The molecular weight excluding hydrogens is 468 g/mol. The molecule has 0 saturated carbocycles. The molecule has 3 aromatic heterocycles. The van der Waals surface area contributed by atoms with Crippen molar-refractivity contribution in [3.05, 3.63) is 77.2 Å². The number of nitrogens with one attached hydrogen (secondary N) is 3. The van der Waals surface area contributed by atoms with E-state index in [1.165, 1.54) is 18.1 Å². The van der Waals surface area contributed by atoms with Gasteiger partial charge in [-0.25, -0.2) is 9.97 Å². The molecule has 1 unspecified atom stereocenters. The third-order valence-electron chi connectivity index (χ3n) is 6.05. The Morgan fingerprint density at radius 2 is 1.97 bits per heavy atom. The molecule has 5 rings (SSSR count). The maximum absolute atomic E-state index is 11.5. The summed E-state index contributed by atoms with van der Waals surface area (Å²) >= 11 is 7.89. The lowest BCUT2D eigenvalue weighted by Gasteiger charge is -2.41. The number of aromatic amines is 1. The number of aromatic nitrogens is 3. The second kappa shape index (κ2) is 9.68. The van der Waals surface area contributed by atoms with Crippen LogP contribution in [0.5, 0.6) is 0 Å². The van der Waals surface area contributed by atoms with E-state index in [4.69, 9.17) is 11.6 Å². The lowest BCUT2D eigenvalue weighted by molar-refractivity contribution is -0.114. The van der Waals surface area contributed by atoms with Crippen LogP contribution < -0.4 is 10.6 Å². The molecule has 1 amide bonds. The number of hydrogen-bond acceptors (Lipinski definition) is 6. The number of carbonyl (C=O) groups is 1. The molecule has 1 aliphatic rings. The van der Waals surface area contributed by atoms with Crippen LogP contribution in [0.15, 0.2) is 61.1 Å². The molecule has 174 valence electrons. The molecule has 4 aromatic rings. The fourth-order valence-electron chi connectivity index (χ4n) is 4.21. The second-order valence-corrected chi connectivity index (χ2v) is 9.86. The largest absolute Gasteiger partial charge is 0.344 e. The lowest BCUT2D eigenvalue weighted by atomic mass is 9.94. The number of carbonyl (C=O) groups excluding carboxylic acids is 1. The average molecular weight is 493 g/mol. The van der Waals surface area contributed by atoms with Gasteiger partial charge in [-0.2, -0.15) is 0 Å². The normalized spacial score (nSPS) is 14.7. The Hall–Kier alpha value is -3.04. The summed E-state index contributed by atoms with van der Waals surface area (Å²) in [5.74, 6) is 1.22. The van der Waals surface area contributed by atoms with Crippen LogP contribution in [0.4, 0.5) is 5.82 Å². The van der Waals surface area contributed by atoms with Crippen LogP contribution >= 0.6 is 22.9 Å². The van der Waals surface area contributed by atoms with Crippen molar-refractivity contribution in [3.8, 4) is 21.1 Å². The molecule has 4 heterocycles. The number of H-pyrrole nitrogens is 1. The first-order chi connectivity index (χ1) is 16.5. The average Bonchev–Trinajstić information content (AvgIpc) is 3.44. The highest BCUT2D eigenvalue weighted by molar-refractivity contribution is 7.19. The number of rotatable bonds is 7. The highest BCUT2D eigenvalue weighted by atomic mass is 35.5. The number of imidazole rings is 1. The van der Waals surface area contributed by atoms with E-state index in [0.29, 0.717) is 11.9 Å². The Balaban J connectivity index is 1.64. The predicted octanol–water partition coefficient (Wildman–Crippen LogP) is 4.81. The van der Waals surface area contributed by atoms with Crippen molar-refractivity contribution in [3.63, 3.8) is 0 Å². The number of amides is 1. The van der Waals surface area contributed by atoms with Gasteiger partial charge in [0.25, 0.3) is 0 Å². The summed E-state index contributed by atoms with van der Waals surface area (Å²) in [7, 11) is 2.18. The summed E-state index contributed by atoms with van der Waals surface area (Å²) in [6, 6.07) is 14.6. The van der Waals surface area contributed by atoms with Crippen LogP contribution in [-0.4, -0.2) is 51.9 Å². The Labute approximate surface area is 207 Å². The first kappa shape index (κ1) is 22.7. The Kier molecular flexibility index (Phi) is 6.47. The predicted molar refractivity (Wildman–Crippen MR) is 137 cm³/mol. The quantitative estimate of drug-likeness (QED) is 0.345. The standard InChI is InChI=1S/C25H25ClN6OS/c1-15(33)31-22-11-17(7-8-28-22)21-12-20(24(34-21)25-29-9-10-30-25)23(32(2)19-13-27-14-19)16-3-5-18(26)6-4-16/h3-12,19,23,27H,13-14H2,1-2H3,(H,29,30)(H,28,31,33). The smallest absolute Gasteiger partial charge is 0.222 e. The lowest BCUT2D eigenvalue weighted by Crippen LogP contribution is -2.56. The summed E-state index contributed by atoms with van der Waals surface area (Å²) in [6.07, 6.45) is 5.34. The molecule has 0 radical (unpaired) electrons. The van der Waals surface area contributed by atoms with Gasteiger partial charge < -0.3 is 15.6 Å². The van der Waals surface area contributed by atoms with E-state index in [-0.39, 0.29) is 11.9 Å². The zero-order valence-corrected chi connectivity index (χ0v) is 20.5. The van der Waals surface area contributed by atoms with Gasteiger partial charge >= 0.3 is 0 Å². The van der Waals surface area contributed by atoms with Crippen molar-refractivity contribution < 1.29 is 4.79 Å². The summed E-state index contributed by atoms with van der Waals surface area (Å²) in [4.78, 5) is 28.2. The number of halogens is 1. The van der Waals surface area contributed by atoms with E-state index in [2.05, 4.69) is 55.7 Å². The SMILES string of the molecule is CC(=O)Nc1cc(-c2cc(C(c3ccc(Cl)cc3)N(C)C3CNC3)c(-c3ncc[nH]3)s2)ccn1. The summed E-state index contributed by atoms with van der Waals surface area (Å²) < 4.78 is 0. The summed E-state index contributed by atoms with van der Waals surface area (Å²) in [6.45, 7) is 3.39. The molecule has 1 fully saturated rings.